The maximum atomic E-state index is 12.4. The number of carbonyl (C=O) groups excluding carboxylic acids is 2. The zero-order valence-corrected chi connectivity index (χ0v) is 14.9. The Kier molecular flexibility index (Phi) is 5.91. The van der Waals surface area contributed by atoms with Crippen LogP contribution in [0.3, 0.4) is 0 Å². The van der Waals surface area contributed by atoms with Crippen molar-refractivity contribution < 1.29 is 19.5 Å². The number of nitrogens with zero attached hydrogens (tertiary/aromatic N) is 1. The Hall–Kier alpha value is -2.37. The van der Waals surface area contributed by atoms with Gasteiger partial charge in [0.05, 0.1) is 11.8 Å². The van der Waals surface area contributed by atoms with Gasteiger partial charge in [-0.2, -0.15) is 0 Å². The first-order valence-corrected chi connectivity index (χ1v) is 9.38. The highest BCUT2D eigenvalue weighted by Crippen LogP contribution is 2.29. The Morgan fingerprint density at radius 2 is 1.88 bits per heavy atom. The zero-order valence-electron chi connectivity index (χ0n) is 14.9. The van der Waals surface area contributed by atoms with Crippen LogP contribution in [-0.2, 0) is 20.8 Å². The Bertz CT molecular complexity index is 655. The first kappa shape index (κ1) is 18.4. The number of likely N-dealkylation sites (tertiary alicyclic amines) is 1. The van der Waals surface area contributed by atoms with Crippen LogP contribution in [0.2, 0.25) is 0 Å². The molecule has 1 saturated carbocycles. The molecule has 0 aromatic heterocycles. The number of benzene rings is 1. The van der Waals surface area contributed by atoms with Gasteiger partial charge in [-0.3, -0.25) is 14.4 Å². The van der Waals surface area contributed by atoms with Gasteiger partial charge >= 0.3 is 5.97 Å². The second kappa shape index (κ2) is 8.34. The van der Waals surface area contributed by atoms with Crippen molar-refractivity contribution >= 4 is 17.8 Å². The van der Waals surface area contributed by atoms with E-state index < -0.39 is 11.9 Å². The van der Waals surface area contributed by atoms with Crippen molar-refractivity contribution in [2.45, 2.75) is 44.6 Å². The molecule has 0 spiro atoms. The number of amides is 2. The Morgan fingerprint density at radius 1 is 1.19 bits per heavy atom. The summed E-state index contributed by atoms with van der Waals surface area (Å²) < 4.78 is 0. The standard InChI is InChI=1S/C20H26N2O4/c23-18-11-16(13-22(18)17-8-4-5-9-17)19(24)21-12-15(20(25)26)10-14-6-2-1-3-7-14/h1-3,6-7,15-17H,4-5,8-13H2,(H,21,24)(H,25,26)/t15-,16+/m0/s1. The molecule has 1 aliphatic heterocycles. The van der Waals surface area contributed by atoms with Gasteiger partial charge in [-0.1, -0.05) is 43.2 Å². The highest BCUT2D eigenvalue weighted by Gasteiger charge is 2.38. The smallest absolute Gasteiger partial charge is 0.308 e. The highest BCUT2D eigenvalue weighted by molar-refractivity contribution is 5.89. The van der Waals surface area contributed by atoms with Gasteiger partial charge in [-0.15, -0.1) is 0 Å². The van der Waals surface area contributed by atoms with Gasteiger partial charge in [0.2, 0.25) is 11.8 Å². The van der Waals surface area contributed by atoms with Crippen molar-refractivity contribution in [2.24, 2.45) is 11.8 Å². The molecule has 140 valence electrons. The average Bonchev–Trinajstić information content (AvgIpc) is 3.28. The van der Waals surface area contributed by atoms with Crippen LogP contribution in [0, 0.1) is 11.8 Å². The van der Waals surface area contributed by atoms with E-state index in [-0.39, 0.29) is 36.7 Å². The van der Waals surface area contributed by atoms with Gasteiger partial charge in [0.1, 0.15) is 0 Å². The fourth-order valence-corrected chi connectivity index (χ4v) is 3.99. The Labute approximate surface area is 153 Å². The summed E-state index contributed by atoms with van der Waals surface area (Å²) in [4.78, 5) is 38.0. The van der Waals surface area contributed by atoms with Crippen molar-refractivity contribution in [3.8, 4) is 0 Å². The van der Waals surface area contributed by atoms with Gasteiger partial charge in [0.25, 0.3) is 0 Å². The van der Waals surface area contributed by atoms with E-state index in [0.717, 1.165) is 31.2 Å². The molecule has 0 unspecified atom stereocenters. The number of carboxylic acid groups (broad SMARTS) is 1. The molecule has 6 heteroatoms. The van der Waals surface area contributed by atoms with Gasteiger partial charge in [0.15, 0.2) is 0 Å². The van der Waals surface area contributed by atoms with Crippen molar-refractivity contribution in [2.75, 3.05) is 13.1 Å². The first-order valence-electron chi connectivity index (χ1n) is 9.38. The van der Waals surface area contributed by atoms with Crippen LogP contribution in [0.4, 0.5) is 0 Å². The number of aliphatic carboxylic acids is 1. The van der Waals surface area contributed by atoms with Gasteiger partial charge in [-0.25, -0.2) is 0 Å². The summed E-state index contributed by atoms with van der Waals surface area (Å²) in [6.45, 7) is 0.545. The Morgan fingerprint density at radius 3 is 2.54 bits per heavy atom. The normalized spacial score (nSPS) is 21.8. The fourth-order valence-electron chi connectivity index (χ4n) is 3.99. The Balaban J connectivity index is 1.52. The fraction of sp³-hybridized carbons (Fsp3) is 0.550. The van der Waals surface area contributed by atoms with Gasteiger partial charge < -0.3 is 15.3 Å². The summed E-state index contributed by atoms with van der Waals surface area (Å²) in [5.74, 6) is -2.13. The van der Waals surface area contributed by atoms with Crippen LogP contribution < -0.4 is 5.32 Å². The lowest BCUT2D eigenvalue weighted by atomic mass is 9.99. The lowest BCUT2D eigenvalue weighted by Crippen LogP contribution is -2.39. The quantitative estimate of drug-likeness (QED) is 0.779. The molecule has 1 saturated heterocycles. The summed E-state index contributed by atoms with van der Waals surface area (Å²) in [5.41, 5.74) is 0.928. The molecule has 2 amide bonds. The molecule has 2 aliphatic rings. The molecule has 3 rings (SSSR count). The molecule has 0 radical (unpaired) electrons. The minimum atomic E-state index is -0.927. The van der Waals surface area contributed by atoms with E-state index in [0.29, 0.717) is 13.0 Å². The SMILES string of the molecule is O=C(O)[C@H](CNC(=O)[C@@H]1CC(=O)N(C2CCCC2)C1)Cc1ccccc1. The van der Waals surface area contributed by atoms with Crippen LogP contribution in [0.25, 0.3) is 0 Å². The van der Waals surface area contributed by atoms with Crippen LogP contribution in [-0.4, -0.2) is 46.9 Å². The third-order valence-corrected chi connectivity index (χ3v) is 5.49. The number of rotatable bonds is 7. The summed E-state index contributed by atoms with van der Waals surface area (Å²) in [7, 11) is 0. The van der Waals surface area contributed by atoms with E-state index in [1.165, 1.54) is 0 Å². The maximum Gasteiger partial charge on any atom is 0.308 e. The molecule has 1 heterocycles. The largest absolute Gasteiger partial charge is 0.481 e. The predicted molar refractivity (Wildman–Crippen MR) is 96.4 cm³/mol. The molecule has 2 N–H and O–H groups in total. The molecule has 2 atom stereocenters. The van der Waals surface area contributed by atoms with Crippen LogP contribution in [0.1, 0.15) is 37.7 Å². The number of hydrogen-bond acceptors (Lipinski definition) is 3. The van der Waals surface area contributed by atoms with Crippen LogP contribution in [0.15, 0.2) is 30.3 Å². The van der Waals surface area contributed by atoms with E-state index in [1.807, 2.05) is 35.2 Å². The van der Waals surface area contributed by atoms with E-state index in [4.69, 9.17) is 0 Å². The van der Waals surface area contributed by atoms with Crippen LogP contribution in [0.5, 0.6) is 0 Å². The van der Waals surface area contributed by atoms with Gasteiger partial charge in [0, 0.05) is 25.6 Å². The molecular formula is C20H26N2O4. The lowest BCUT2D eigenvalue weighted by Gasteiger charge is -2.24. The second-order valence-electron chi connectivity index (χ2n) is 7.36. The summed E-state index contributed by atoms with van der Waals surface area (Å²) in [6, 6.07) is 9.67. The average molecular weight is 358 g/mol. The van der Waals surface area contributed by atoms with E-state index >= 15 is 0 Å². The van der Waals surface area contributed by atoms with Crippen molar-refractivity contribution in [3.63, 3.8) is 0 Å². The molecule has 1 aromatic rings. The highest BCUT2D eigenvalue weighted by atomic mass is 16.4. The molecule has 6 nitrogen and oxygen atoms in total. The number of carbonyl (C=O) groups is 3. The lowest BCUT2D eigenvalue weighted by molar-refractivity contribution is -0.141. The van der Waals surface area contributed by atoms with E-state index in [9.17, 15) is 19.5 Å². The molecule has 26 heavy (non-hydrogen) atoms. The summed E-state index contributed by atoms with van der Waals surface area (Å²) in [6.07, 6.45) is 4.94. The number of hydrogen-bond donors (Lipinski definition) is 2. The van der Waals surface area contributed by atoms with Crippen molar-refractivity contribution in [1.82, 2.24) is 10.2 Å². The molecular weight excluding hydrogens is 332 g/mol. The third-order valence-electron chi connectivity index (χ3n) is 5.49. The maximum absolute atomic E-state index is 12.4. The minimum absolute atomic E-state index is 0.0520. The first-order chi connectivity index (χ1) is 12.5. The van der Waals surface area contributed by atoms with Gasteiger partial charge in [-0.05, 0) is 24.8 Å². The number of nitrogens with one attached hydrogen (secondary N) is 1. The molecule has 2 fully saturated rings. The predicted octanol–water partition coefficient (Wildman–Crippen LogP) is 1.84. The van der Waals surface area contributed by atoms with Crippen molar-refractivity contribution in [1.29, 1.82) is 0 Å². The topological polar surface area (TPSA) is 86.7 Å². The monoisotopic (exact) mass is 358 g/mol. The van der Waals surface area contributed by atoms with E-state index in [1.54, 1.807) is 0 Å². The van der Waals surface area contributed by atoms with Crippen molar-refractivity contribution in [3.05, 3.63) is 35.9 Å². The summed E-state index contributed by atoms with van der Waals surface area (Å²) >= 11 is 0. The van der Waals surface area contributed by atoms with E-state index in [2.05, 4.69) is 5.32 Å². The molecule has 1 aliphatic carbocycles. The third kappa shape index (κ3) is 4.42. The zero-order chi connectivity index (χ0) is 18.5. The second-order valence-corrected chi connectivity index (χ2v) is 7.36. The molecule has 1 aromatic carbocycles. The number of carboxylic acids is 1. The minimum Gasteiger partial charge on any atom is -0.481 e. The molecule has 0 bridgehead atoms. The van der Waals surface area contributed by atoms with Crippen LogP contribution >= 0.6 is 0 Å². The summed E-state index contributed by atoms with van der Waals surface area (Å²) in [5, 5.41) is 12.2.